The molecule has 4 rings (SSSR count). The minimum atomic E-state index is -0.761. The van der Waals surface area contributed by atoms with Crippen LogP contribution in [0.1, 0.15) is 49.0 Å². The number of hydrogen-bond acceptors (Lipinski definition) is 5. The molecule has 0 amide bonds. The Kier molecular flexibility index (Phi) is 5.37. The maximum atomic E-state index is 14.8. The van der Waals surface area contributed by atoms with Crippen molar-refractivity contribution < 1.29 is 18.7 Å². The first kappa shape index (κ1) is 19.6. The molecule has 1 aromatic carbocycles. The van der Waals surface area contributed by atoms with Gasteiger partial charge in [0.15, 0.2) is 5.78 Å². The number of benzene rings is 1. The number of rotatable bonds is 4. The molecular formula is C23H22FNO3S. The number of ketones is 1. The van der Waals surface area contributed by atoms with Crippen molar-refractivity contribution in [2.75, 3.05) is 6.61 Å². The highest BCUT2D eigenvalue weighted by atomic mass is 32.1. The molecule has 4 nitrogen and oxygen atoms in total. The molecule has 6 heteroatoms. The lowest BCUT2D eigenvalue weighted by atomic mass is 9.72. The van der Waals surface area contributed by atoms with Gasteiger partial charge in [0.2, 0.25) is 0 Å². The second-order valence-electron chi connectivity index (χ2n) is 7.27. The molecule has 0 radical (unpaired) electrons. The topological polar surface area (TPSA) is 55.4 Å². The van der Waals surface area contributed by atoms with Crippen LogP contribution < -0.4 is 5.32 Å². The summed E-state index contributed by atoms with van der Waals surface area (Å²) in [5.74, 6) is -1.69. The van der Waals surface area contributed by atoms with Crippen molar-refractivity contribution in [3.8, 4) is 0 Å². The summed E-state index contributed by atoms with van der Waals surface area (Å²) >= 11 is 1.63. The Morgan fingerprint density at radius 3 is 2.72 bits per heavy atom. The number of hydrogen-bond donors (Lipinski definition) is 1. The van der Waals surface area contributed by atoms with Crippen LogP contribution in [0.5, 0.6) is 0 Å². The van der Waals surface area contributed by atoms with Crippen molar-refractivity contribution in [3.05, 3.63) is 80.6 Å². The first-order valence-corrected chi connectivity index (χ1v) is 10.6. The van der Waals surface area contributed by atoms with Crippen LogP contribution in [0.2, 0.25) is 0 Å². The molecule has 150 valence electrons. The van der Waals surface area contributed by atoms with Gasteiger partial charge in [0.1, 0.15) is 5.82 Å². The van der Waals surface area contributed by atoms with E-state index in [-0.39, 0.29) is 18.3 Å². The van der Waals surface area contributed by atoms with E-state index in [9.17, 15) is 14.0 Å². The summed E-state index contributed by atoms with van der Waals surface area (Å²) in [5, 5.41) is 5.27. The Morgan fingerprint density at radius 1 is 1.24 bits per heavy atom. The van der Waals surface area contributed by atoms with Crippen LogP contribution in [0.25, 0.3) is 0 Å². The predicted octanol–water partition coefficient (Wildman–Crippen LogP) is 4.81. The van der Waals surface area contributed by atoms with Gasteiger partial charge in [-0.25, -0.2) is 9.18 Å². The predicted molar refractivity (Wildman–Crippen MR) is 110 cm³/mol. The van der Waals surface area contributed by atoms with Crippen molar-refractivity contribution >= 4 is 23.1 Å². The van der Waals surface area contributed by atoms with Gasteiger partial charge in [-0.3, -0.25) is 4.79 Å². The number of carbonyl (C=O) groups is 2. The number of nitrogens with one attached hydrogen (secondary N) is 1. The minimum Gasteiger partial charge on any atom is -0.463 e. The lowest BCUT2D eigenvalue weighted by Gasteiger charge is -2.36. The van der Waals surface area contributed by atoms with Gasteiger partial charge in [0, 0.05) is 39.7 Å². The molecule has 29 heavy (non-hydrogen) atoms. The molecule has 0 bridgehead atoms. The SMILES string of the molecule is CCOC(=O)C1=C(C)NC2=C(C(=O)CC(c3cccs3)C2)C1c1ccccc1F. The van der Waals surface area contributed by atoms with Crippen LogP contribution >= 0.6 is 11.3 Å². The Balaban J connectivity index is 1.83. The molecule has 0 fully saturated rings. The largest absolute Gasteiger partial charge is 0.463 e. The van der Waals surface area contributed by atoms with Crippen molar-refractivity contribution in [1.82, 2.24) is 5.32 Å². The molecule has 2 aliphatic rings. The van der Waals surface area contributed by atoms with E-state index in [0.29, 0.717) is 35.2 Å². The summed E-state index contributed by atoms with van der Waals surface area (Å²) < 4.78 is 20.0. The van der Waals surface area contributed by atoms with Crippen molar-refractivity contribution in [3.63, 3.8) is 0 Å². The van der Waals surface area contributed by atoms with Gasteiger partial charge in [-0.15, -0.1) is 11.3 Å². The zero-order valence-corrected chi connectivity index (χ0v) is 17.1. The van der Waals surface area contributed by atoms with E-state index >= 15 is 0 Å². The van der Waals surface area contributed by atoms with Crippen molar-refractivity contribution in [2.45, 2.75) is 38.5 Å². The Bertz CT molecular complexity index is 1020. The fraction of sp³-hybridized carbons (Fsp3) is 0.304. The van der Waals surface area contributed by atoms with Crippen LogP contribution in [0, 0.1) is 5.82 Å². The van der Waals surface area contributed by atoms with Crippen LogP contribution in [0.4, 0.5) is 4.39 Å². The van der Waals surface area contributed by atoms with Crippen LogP contribution in [-0.4, -0.2) is 18.4 Å². The van der Waals surface area contributed by atoms with Crippen molar-refractivity contribution in [1.29, 1.82) is 0 Å². The second kappa shape index (κ2) is 7.95. The molecule has 2 unspecified atom stereocenters. The van der Waals surface area contributed by atoms with E-state index in [1.807, 2.05) is 17.5 Å². The number of carbonyl (C=O) groups excluding carboxylic acids is 2. The number of allylic oxidation sites excluding steroid dienone is 3. The number of esters is 1. The van der Waals surface area contributed by atoms with Gasteiger partial charge >= 0.3 is 5.97 Å². The number of halogens is 1. The summed E-state index contributed by atoms with van der Waals surface area (Å²) in [6.07, 6.45) is 1.00. The van der Waals surface area contributed by atoms with Gasteiger partial charge in [0.25, 0.3) is 0 Å². The Morgan fingerprint density at radius 2 is 2.03 bits per heavy atom. The lowest BCUT2D eigenvalue weighted by Crippen LogP contribution is -2.36. The molecule has 0 spiro atoms. The van der Waals surface area contributed by atoms with Gasteiger partial charge in [-0.2, -0.15) is 0 Å². The van der Waals surface area contributed by atoms with Gasteiger partial charge in [0.05, 0.1) is 18.1 Å². The lowest BCUT2D eigenvalue weighted by molar-refractivity contribution is -0.138. The Labute approximate surface area is 173 Å². The van der Waals surface area contributed by atoms with E-state index in [2.05, 4.69) is 5.32 Å². The summed E-state index contributed by atoms with van der Waals surface area (Å²) in [4.78, 5) is 27.2. The third-order valence-corrected chi connectivity index (χ3v) is 6.52. The van der Waals surface area contributed by atoms with Crippen molar-refractivity contribution in [2.24, 2.45) is 0 Å². The summed E-state index contributed by atoms with van der Waals surface area (Å²) in [6.45, 7) is 3.72. The number of Topliss-reactive ketones (excluding diaryl/α,β-unsaturated/α-hetero) is 1. The van der Waals surface area contributed by atoms with Crippen LogP contribution in [0.3, 0.4) is 0 Å². The van der Waals surface area contributed by atoms with Gasteiger partial charge in [-0.1, -0.05) is 24.3 Å². The molecule has 0 saturated carbocycles. The molecule has 1 aliphatic heterocycles. The third kappa shape index (κ3) is 3.53. The molecule has 2 aromatic rings. The number of thiophene rings is 1. The number of dihydropyridines is 1. The molecule has 1 N–H and O–H groups in total. The zero-order valence-electron chi connectivity index (χ0n) is 16.3. The van der Waals surface area contributed by atoms with Crippen LogP contribution in [0.15, 0.2) is 64.3 Å². The summed E-state index contributed by atoms with van der Waals surface area (Å²) in [7, 11) is 0. The highest BCUT2D eigenvalue weighted by molar-refractivity contribution is 7.10. The minimum absolute atomic E-state index is 0.0558. The first-order chi connectivity index (χ1) is 14.0. The summed E-state index contributed by atoms with van der Waals surface area (Å²) in [6, 6.07) is 10.3. The average Bonchev–Trinajstić information content (AvgIpc) is 3.22. The highest BCUT2D eigenvalue weighted by Gasteiger charge is 2.42. The molecule has 2 atom stereocenters. The van der Waals surface area contributed by atoms with E-state index in [1.54, 1.807) is 43.4 Å². The third-order valence-electron chi connectivity index (χ3n) is 5.48. The second-order valence-corrected chi connectivity index (χ2v) is 8.25. The molecule has 1 aromatic heterocycles. The van der Waals surface area contributed by atoms with E-state index in [4.69, 9.17) is 4.74 Å². The maximum absolute atomic E-state index is 14.8. The van der Waals surface area contributed by atoms with E-state index in [0.717, 1.165) is 10.6 Å². The molecule has 2 heterocycles. The maximum Gasteiger partial charge on any atom is 0.336 e. The van der Waals surface area contributed by atoms with E-state index in [1.165, 1.54) is 6.07 Å². The zero-order chi connectivity index (χ0) is 20.5. The molecule has 0 saturated heterocycles. The standard InChI is InChI=1S/C23H22FNO3S/c1-3-28-23(27)20-13(2)25-17-11-14(19-9-6-10-29-19)12-18(26)22(17)21(20)15-7-4-5-8-16(15)24/h4-10,14,21,25H,3,11-12H2,1-2H3. The quantitative estimate of drug-likeness (QED) is 0.734. The van der Waals surface area contributed by atoms with Gasteiger partial charge in [-0.05, 0) is 37.8 Å². The molecular weight excluding hydrogens is 389 g/mol. The molecule has 1 aliphatic carbocycles. The van der Waals surface area contributed by atoms with Crippen LogP contribution in [-0.2, 0) is 14.3 Å². The fourth-order valence-electron chi connectivity index (χ4n) is 4.26. The average molecular weight is 411 g/mol. The van der Waals surface area contributed by atoms with E-state index < -0.39 is 17.7 Å². The van der Waals surface area contributed by atoms with Gasteiger partial charge < -0.3 is 10.1 Å². The Hall–Kier alpha value is -2.73. The first-order valence-electron chi connectivity index (χ1n) is 9.70. The normalized spacial score (nSPS) is 21.7. The fourth-order valence-corrected chi connectivity index (χ4v) is 5.09. The number of ether oxygens (including phenoxy) is 1. The summed E-state index contributed by atoms with van der Waals surface area (Å²) in [5.41, 5.74) is 2.50. The smallest absolute Gasteiger partial charge is 0.336 e. The monoisotopic (exact) mass is 411 g/mol. The highest BCUT2D eigenvalue weighted by Crippen LogP contribution is 2.46.